The average molecular weight is 438 g/mol. The Morgan fingerprint density at radius 2 is 1.88 bits per heavy atom. The zero-order chi connectivity index (χ0) is 22.5. The Hall–Kier alpha value is -2.67. The Kier molecular flexibility index (Phi) is 5.32. The van der Waals surface area contributed by atoms with Gasteiger partial charge in [0.25, 0.3) is 0 Å². The number of likely N-dealkylation sites (tertiary alicyclic amines) is 1. The van der Waals surface area contributed by atoms with Crippen LogP contribution in [0.25, 0.3) is 0 Å². The molecule has 1 aromatic rings. The van der Waals surface area contributed by atoms with Gasteiger partial charge >= 0.3 is 0 Å². The number of rotatable bonds is 6. The van der Waals surface area contributed by atoms with E-state index in [4.69, 9.17) is 4.74 Å². The van der Waals surface area contributed by atoms with Crippen molar-refractivity contribution in [1.29, 1.82) is 0 Å². The maximum atomic E-state index is 13.6. The van der Waals surface area contributed by atoms with Gasteiger partial charge < -0.3 is 20.3 Å². The second-order valence-corrected chi connectivity index (χ2v) is 9.73. The van der Waals surface area contributed by atoms with E-state index in [1.807, 2.05) is 56.3 Å². The lowest BCUT2D eigenvalue weighted by atomic mass is 9.74. The van der Waals surface area contributed by atoms with Gasteiger partial charge in [-0.15, -0.1) is 0 Å². The number of fused-ring (bicyclic) bond motifs is 1. The Morgan fingerprint density at radius 3 is 2.56 bits per heavy atom. The lowest BCUT2D eigenvalue weighted by Gasteiger charge is -2.34. The molecule has 7 nitrogen and oxygen atoms in total. The number of hydrogen-bond donors (Lipinski definition) is 2. The number of nitrogens with zero attached hydrogens (tertiary/aromatic N) is 1. The average Bonchev–Trinajstić information content (AvgIpc) is 3.54. The van der Waals surface area contributed by atoms with E-state index in [0.29, 0.717) is 6.54 Å². The number of carbonyl (C=O) groups is 3. The third-order valence-electron chi connectivity index (χ3n) is 7.43. The lowest BCUT2D eigenvalue weighted by molar-refractivity contribution is -0.143. The maximum absolute atomic E-state index is 13.6. The van der Waals surface area contributed by atoms with Gasteiger partial charge in [-0.1, -0.05) is 55.3 Å². The molecule has 4 aliphatic rings. The van der Waals surface area contributed by atoms with Crippen LogP contribution in [0.15, 0.2) is 42.5 Å². The van der Waals surface area contributed by atoms with Crippen LogP contribution in [0.2, 0.25) is 0 Å². The zero-order valence-corrected chi connectivity index (χ0v) is 18.6. The minimum atomic E-state index is -1.08. The fourth-order valence-corrected chi connectivity index (χ4v) is 6.01. The lowest BCUT2D eigenvalue weighted by Crippen LogP contribution is -2.57. The van der Waals surface area contributed by atoms with E-state index in [0.717, 1.165) is 31.2 Å². The SMILES string of the molecule is CC(C)N1C(=O)[C@H]2[C@H](C(=O)NCc3ccccc3)[C@@H]3C=C[C@]2(O3)[C@H]1C(=O)NC1CCCC1. The summed E-state index contributed by atoms with van der Waals surface area (Å²) in [6.07, 6.45) is 7.38. The van der Waals surface area contributed by atoms with Gasteiger partial charge in [-0.25, -0.2) is 0 Å². The largest absolute Gasteiger partial charge is 0.359 e. The second-order valence-electron chi connectivity index (χ2n) is 9.73. The number of carbonyl (C=O) groups excluding carboxylic acids is 3. The topological polar surface area (TPSA) is 87.7 Å². The Balaban J connectivity index is 1.40. The van der Waals surface area contributed by atoms with Gasteiger partial charge in [0, 0.05) is 18.6 Å². The summed E-state index contributed by atoms with van der Waals surface area (Å²) >= 11 is 0. The molecule has 1 spiro atoms. The monoisotopic (exact) mass is 437 g/mol. The van der Waals surface area contributed by atoms with Crippen LogP contribution in [0.5, 0.6) is 0 Å². The first-order valence-electron chi connectivity index (χ1n) is 11.7. The molecule has 2 saturated heterocycles. The standard InChI is InChI=1S/C25H31N3O4/c1-15(2)28-21(23(30)27-17-10-6-7-11-17)25-13-12-18(32-25)19(20(25)24(28)31)22(29)26-14-16-8-4-3-5-9-16/h3-5,8-9,12-13,15,17-21H,6-7,10-11,14H2,1-2H3,(H,26,29)(H,27,30)/t18-,19+,20+,21+,25+/m0/s1. The third kappa shape index (κ3) is 3.25. The van der Waals surface area contributed by atoms with Gasteiger partial charge in [0.1, 0.15) is 11.6 Å². The van der Waals surface area contributed by atoms with Crippen LogP contribution in [0.3, 0.4) is 0 Å². The van der Waals surface area contributed by atoms with Gasteiger partial charge in [-0.05, 0) is 32.3 Å². The van der Waals surface area contributed by atoms with Gasteiger partial charge in [0.05, 0.1) is 17.9 Å². The molecule has 3 heterocycles. The van der Waals surface area contributed by atoms with Gasteiger partial charge in [0.15, 0.2) is 0 Å². The fourth-order valence-electron chi connectivity index (χ4n) is 6.01. The summed E-state index contributed by atoms with van der Waals surface area (Å²) in [4.78, 5) is 41.9. The molecule has 0 radical (unpaired) electrons. The van der Waals surface area contributed by atoms with Crippen molar-refractivity contribution in [3.63, 3.8) is 0 Å². The van der Waals surface area contributed by atoms with Crippen molar-refractivity contribution in [3.05, 3.63) is 48.0 Å². The van der Waals surface area contributed by atoms with Crippen LogP contribution < -0.4 is 10.6 Å². The molecule has 1 aliphatic carbocycles. The van der Waals surface area contributed by atoms with Gasteiger partial charge in [-0.3, -0.25) is 14.4 Å². The minimum Gasteiger partial charge on any atom is -0.359 e. The second kappa shape index (κ2) is 8.03. The molecule has 2 N–H and O–H groups in total. The van der Waals surface area contributed by atoms with Crippen LogP contribution in [0.1, 0.15) is 45.1 Å². The smallest absolute Gasteiger partial charge is 0.246 e. The quantitative estimate of drug-likeness (QED) is 0.666. The molecule has 3 fully saturated rings. The van der Waals surface area contributed by atoms with E-state index in [1.165, 1.54) is 0 Å². The van der Waals surface area contributed by atoms with Crippen LogP contribution in [0, 0.1) is 11.8 Å². The molecule has 1 aromatic carbocycles. The third-order valence-corrected chi connectivity index (χ3v) is 7.43. The summed E-state index contributed by atoms with van der Waals surface area (Å²) in [5.41, 5.74) is -0.0886. The molecule has 5 rings (SSSR count). The van der Waals surface area contributed by atoms with Crippen LogP contribution in [0.4, 0.5) is 0 Å². The van der Waals surface area contributed by atoms with Crippen molar-refractivity contribution >= 4 is 17.7 Å². The van der Waals surface area contributed by atoms with Crippen LogP contribution in [-0.4, -0.2) is 52.5 Å². The molecule has 0 unspecified atom stereocenters. The highest BCUT2D eigenvalue weighted by Gasteiger charge is 2.73. The number of amides is 3. The number of benzene rings is 1. The highest BCUT2D eigenvalue weighted by Crippen LogP contribution is 2.55. The summed E-state index contributed by atoms with van der Waals surface area (Å²) in [5.74, 6) is -1.86. The van der Waals surface area contributed by atoms with Crippen LogP contribution in [-0.2, 0) is 25.7 Å². The van der Waals surface area contributed by atoms with E-state index < -0.39 is 29.6 Å². The predicted molar refractivity (Wildman–Crippen MR) is 118 cm³/mol. The molecule has 2 bridgehead atoms. The summed E-state index contributed by atoms with van der Waals surface area (Å²) < 4.78 is 6.32. The molecule has 3 aliphatic heterocycles. The molecular formula is C25H31N3O4. The summed E-state index contributed by atoms with van der Waals surface area (Å²) in [6.45, 7) is 4.21. The number of hydrogen-bond acceptors (Lipinski definition) is 4. The Labute approximate surface area is 188 Å². The Bertz CT molecular complexity index is 940. The highest BCUT2D eigenvalue weighted by atomic mass is 16.5. The van der Waals surface area contributed by atoms with E-state index in [9.17, 15) is 14.4 Å². The Morgan fingerprint density at radius 1 is 1.16 bits per heavy atom. The fraction of sp³-hybridized carbons (Fsp3) is 0.560. The first-order valence-corrected chi connectivity index (χ1v) is 11.7. The molecule has 1 saturated carbocycles. The summed E-state index contributed by atoms with van der Waals surface area (Å²) in [5, 5.41) is 6.14. The summed E-state index contributed by atoms with van der Waals surface area (Å²) in [6, 6.07) is 8.89. The molecular weight excluding hydrogens is 406 g/mol. The van der Waals surface area contributed by atoms with Crippen molar-refractivity contribution in [2.24, 2.45) is 11.8 Å². The van der Waals surface area contributed by atoms with Gasteiger partial charge in [0.2, 0.25) is 17.7 Å². The molecule has 0 aromatic heterocycles. The van der Waals surface area contributed by atoms with Crippen molar-refractivity contribution in [3.8, 4) is 0 Å². The van der Waals surface area contributed by atoms with E-state index >= 15 is 0 Å². The highest BCUT2D eigenvalue weighted by molar-refractivity contribution is 6.00. The first-order chi connectivity index (χ1) is 15.4. The van der Waals surface area contributed by atoms with E-state index in [-0.39, 0.29) is 29.8 Å². The number of ether oxygens (including phenoxy) is 1. The molecule has 3 amide bonds. The predicted octanol–water partition coefficient (Wildman–Crippen LogP) is 1.92. The normalized spacial score (nSPS) is 33.2. The molecule has 5 atom stereocenters. The van der Waals surface area contributed by atoms with Crippen LogP contribution >= 0.6 is 0 Å². The zero-order valence-electron chi connectivity index (χ0n) is 18.6. The van der Waals surface area contributed by atoms with Crippen molar-refractivity contribution in [1.82, 2.24) is 15.5 Å². The maximum Gasteiger partial charge on any atom is 0.246 e. The van der Waals surface area contributed by atoms with E-state index in [1.54, 1.807) is 4.90 Å². The first kappa shape index (κ1) is 21.2. The minimum absolute atomic E-state index is 0.148. The molecule has 32 heavy (non-hydrogen) atoms. The summed E-state index contributed by atoms with van der Waals surface area (Å²) in [7, 11) is 0. The molecule has 170 valence electrons. The van der Waals surface area contributed by atoms with Crippen molar-refractivity contribution in [2.45, 2.75) is 75.9 Å². The van der Waals surface area contributed by atoms with Gasteiger partial charge in [-0.2, -0.15) is 0 Å². The molecule has 7 heteroatoms. The van der Waals surface area contributed by atoms with E-state index in [2.05, 4.69) is 10.6 Å². The van der Waals surface area contributed by atoms with Crippen molar-refractivity contribution < 1.29 is 19.1 Å². The number of nitrogens with one attached hydrogen (secondary N) is 2. The van der Waals surface area contributed by atoms with Crippen molar-refractivity contribution in [2.75, 3.05) is 0 Å².